The maximum Gasteiger partial charge on any atom is 0.262 e. The normalized spacial score (nSPS) is 11.7. The number of fused-ring (bicyclic) bond motifs is 1. The van der Waals surface area contributed by atoms with Crippen molar-refractivity contribution in [2.45, 2.75) is 13.5 Å². The van der Waals surface area contributed by atoms with Crippen LogP contribution in [0.25, 0.3) is 10.8 Å². The second-order valence-electron chi connectivity index (χ2n) is 7.04. The molecule has 0 spiro atoms. The molecular weight excluding hydrogens is 424 g/mol. The second-order valence-corrected chi connectivity index (χ2v) is 7.95. The van der Waals surface area contributed by atoms with Crippen molar-refractivity contribution < 1.29 is 17.9 Å². The summed E-state index contributed by atoms with van der Waals surface area (Å²) in [7, 11) is 0. The Morgan fingerprint density at radius 3 is 2.41 bits per heavy atom. The molecule has 0 aliphatic carbocycles. The van der Waals surface area contributed by atoms with Gasteiger partial charge in [0.15, 0.2) is 0 Å². The Kier molecular flexibility index (Phi) is 6.79. The predicted octanol–water partition coefficient (Wildman–Crippen LogP) is 5.80. The molecule has 6 nitrogen and oxygen atoms in total. The molecule has 2 N–H and O–H groups in total. The Labute approximate surface area is 189 Å². The molecule has 0 radical (unpaired) electrons. The van der Waals surface area contributed by atoms with Crippen LogP contribution < -0.4 is 14.8 Å². The van der Waals surface area contributed by atoms with Crippen LogP contribution in [-0.2, 0) is 26.9 Å². The van der Waals surface area contributed by atoms with Crippen LogP contribution in [-0.4, -0.2) is 10.1 Å². The summed E-state index contributed by atoms with van der Waals surface area (Å²) in [6.45, 7) is 1.52. The fourth-order valence-corrected chi connectivity index (χ4v) is 3.82. The molecule has 0 aliphatic rings. The molecular formula is C25H22N2O4S. The largest absolute Gasteiger partial charge is 0.457 e. The molecule has 4 aromatic rings. The van der Waals surface area contributed by atoms with Gasteiger partial charge < -0.3 is 10.1 Å². The third kappa shape index (κ3) is 5.51. The molecule has 0 fully saturated rings. The van der Waals surface area contributed by atoms with Gasteiger partial charge in [-0.1, -0.05) is 54.6 Å². The monoisotopic (exact) mass is 446 g/mol. The van der Waals surface area contributed by atoms with Gasteiger partial charge in [-0.2, -0.15) is 0 Å². The van der Waals surface area contributed by atoms with Crippen molar-refractivity contribution in [1.29, 1.82) is 0 Å². The smallest absolute Gasteiger partial charge is 0.262 e. The zero-order valence-corrected chi connectivity index (χ0v) is 18.2. The highest BCUT2D eigenvalue weighted by atomic mass is 32.2. The molecule has 0 aliphatic heterocycles. The van der Waals surface area contributed by atoms with Gasteiger partial charge in [-0.05, 0) is 41.8 Å². The number of nitrogens with one attached hydrogen (secondary N) is 2. The Morgan fingerprint density at radius 2 is 1.59 bits per heavy atom. The van der Waals surface area contributed by atoms with E-state index in [2.05, 4.69) is 10.0 Å². The van der Waals surface area contributed by atoms with Crippen molar-refractivity contribution in [2.75, 3.05) is 10.0 Å². The topological polar surface area (TPSA) is 76.7 Å². The molecule has 7 heteroatoms. The van der Waals surface area contributed by atoms with Gasteiger partial charge in [0, 0.05) is 29.2 Å². The molecule has 0 bridgehead atoms. The number of amides is 1. The molecule has 162 valence electrons. The van der Waals surface area contributed by atoms with E-state index >= 15 is 0 Å². The van der Waals surface area contributed by atoms with Crippen molar-refractivity contribution in [3.63, 3.8) is 0 Å². The molecule has 4 aromatic carbocycles. The average Bonchev–Trinajstić information content (AvgIpc) is 2.80. The Morgan fingerprint density at radius 1 is 0.875 bits per heavy atom. The number of hydrogen-bond donors (Lipinski definition) is 2. The van der Waals surface area contributed by atoms with Crippen molar-refractivity contribution in [2.24, 2.45) is 0 Å². The first kappa shape index (κ1) is 21.5. The van der Waals surface area contributed by atoms with Gasteiger partial charge in [0.1, 0.15) is 11.5 Å². The van der Waals surface area contributed by atoms with Crippen LogP contribution in [0.4, 0.5) is 11.4 Å². The third-order valence-electron chi connectivity index (χ3n) is 4.68. The molecule has 32 heavy (non-hydrogen) atoms. The summed E-state index contributed by atoms with van der Waals surface area (Å²) in [6, 6.07) is 28.3. The van der Waals surface area contributed by atoms with E-state index < -0.39 is 11.3 Å². The van der Waals surface area contributed by atoms with Gasteiger partial charge in [0.25, 0.3) is 11.3 Å². The highest BCUT2D eigenvalue weighted by Gasteiger charge is 2.08. The lowest BCUT2D eigenvalue weighted by molar-refractivity contribution is -0.114. The van der Waals surface area contributed by atoms with E-state index in [1.54, 1.807) is 30.3 Å². The number of ether oxygens (including phenoxy) is 1. The number of carbonyl (C=O) groups is 1. The second kappa shape index (κ2) is 10.1. The molecule has 1 amide bonds. The molecule has 0 saturated heterocycles. The van der Waals surface area contributed by atoms with Crippen LogP contribution in [0.1, 0.15) is 12.5 Å². The molecule has 1 unspecified atom stereocenters. The SMILES string of the molecule is CC(=O)Nc1ccccc1COS(=O)Nc1ccc(Oc2cccc3ccccc23)cc1. The molecule has 0 heterocycles. The van der Waals surface area contributed by atoms with Gasteiger partial charge in [-0.15, -0.1) is 0 Å². The Bertz CT molecular complexity index is 1250. The van der Waals surface area contributed by atoms with Crippen molar-refractivity contribution in [3.8, 4) is 11.5 Å². The van der Waals surface area contributed by atoms with Gasteiger partial charge >= 0.3 is 0 Å². The summed E-state index contributed by atoms with van der Waals surface area (Å²) < 4.78 is 26.5. The number of anilines is 2. The molecule has 0 aromatic heterocycles. The fourth-order valence-electron chi connectivity index (χ4n) is 3.20. The molecule has 1 atom stereocenters. The molecule has 0 saturated carbocycles. The number of hydrogen-bond acceptors (Lipinski definition) is 4. The lowest BCUT2D eigenvalue weighted by Crippen LogP contribution is -2.11. The van der Waals surface area contributed by atoms with E-state index in [-0.39, 0.29) is 12.5 Å². The average molecular weight is 447 g/mol. The zero-order chi connectivity index (χ0) is 22.3. The lowest BCUT2D eigenvalue weighted by atomic mass is 10.1. The van der Waals surface area contributed by atoms with E-state index in [1.807, 2.05) is 60.7 Å². The van der Waals surface area contributed by atoms with E-state index in [0.29, 0.717) is 17.1 Å². The summed E-state index contributed by atoms with van der Waals surface area (Å²) in [4.78, 5) is 11.3. The Balaban J connectivity index is 1.36. The van der Waals surface area contributed by atoms with Crippen molar-refractivity contribution in [3.05, 3.63) is 96.6 Å². The van der Waals surface area contributed by atoms with E-state index in [0.717, 1.165) is 22.1 Å². The Hall–Kier alpha value is -3.68. The van der Waals surface area contributed by atoms with Gasteiger partial charge in [-0.3, -0.25) is 13.7 Å². The summed E-state index contributed by atoms with van der Waals surface area (Å²) >= 11 is -1.76. The summed E-state index contributed by atoms with van der Waals surface area (Å²) in [5, 5.41) is 4.87. The van der Waals surface area contributed by atoms with Gasteiger partial charge in [0.05, 0.1) is 6.61 Å². The van der Waals surface area contributed by atoms with Crippen molar-refractivity contribution >= 4 is 39.3 Å². The minimum atomic E-state index is -1.76. The van der Waals surface area contributed by atoms with Crippen LogP contribution in [0, 0.1) is 0 Å². The zero-order valence-electron chi connectivity index (χ0n) is 17.4. The van der Waals surface area contributed by atoms with Crippen LogP contribution in [0.15, 0.2) is 91.0 Å². The first-order valence-electron chi connectivity index (χ1n) is 10.0. The lowest BCUT2D eigenvalue weighted by Gasteiger charge is -2.11. The standard InChI is InChI=1S/C25H22N2O4S/c1-18(28)26-24-11-5-3-8-20(24)17-30-32(29)27-21-13-15-22(16-14-21)31-25-12-6-9-19-7-2-4-10-23(19)25/h2-16,27H,17H2,1H3,(H,26,28). The first-order valence-corrected chi connectivity index (χ1v) is 11.1. The van der Waals surface area contributed by atoms with Crippen LogP contribution >= 0.6 is 0 Å². The number of benzene rings is 4. The minimum Gasteiger partial charge on any atom is -0.457 e. The maximum atomic E-state index is 12.3. The number of para-hydroxylation sites is 1. The quantitative estimate of drug-likeness (QED) is 0.359. The number of carbonyl (C=O) groups excluding carboxylic acids is 1. The highest BCUT2D eigenvalue weighted by Crippen LogP contribution is 2.30. The predicted molar refractivity (Wildman–Crippen MR) is 128 cm³/mol. The fraction of sp³-hybridized carbons (Fsp3) is 0.0800. The van der Waals surface area contributed by atoms with Gasteiger partial charge in [-0.25, -0.2) is 4.21 Å². The van der Waals surface area contributed by atoms with E-state index in [9.17, 15) is 9.00 Å². The summed E-state index contributed by atoms with van der Waals surface area (Å²) in [5.74, 6) is 1.26. The number of rotatable bonds is 8. The first-order chi connectivity index (χ1) is 15.6. The van der Waals surface area contributed by atoms with E-state index in [4.69, 9.17) is 8.92 Å². The minimum absolute atomic E-state index is 0.0817. The van der Waals surface area contributed by atoms with Gasteiger partial charge in [0.2, 0.25) is 5.91 Å². The summed E-state index contributed by atoms with van der Waals surface area (Å²) in [5.41, 5.74) is 1.99. The van der Waals surface area contributed by atoms with Crippen LogP contribution in [0.3, 0.4) is 0 Å². The van der Waals surface area contributed by atoms with E-state index in [1.165, 1.54) is 6.92 Å². The molecule has 4 rings (SSSR count). The van der Waals surface area contributed by atoms with Crippen LogP contribution in [0.5, 0.6) is 11.5 Å². The summed E-state index contributed by atoms with van der Waals surface area (Å²) in [6.07, 6.45) is 0. The van der Waals surface area contributed by atoms with Crippen LogP contribution in [0.2, 0.25) is 0 Å². The highest BCUT2D eigenvalue weighted by molar-refractivity contribution is 7.81. The third-order valence-corrected chi connectivity index (χ3v) is 5.42. The maximum absolute atomic E-state index is 12.3. The van der Waals surface area contributed by atoms with Crippen molar-refractivity contribution in [1.82, 2.24) is 0 Å².